The minimum atomic E-state index is -0.920. The van der Waals surface area contributed by atoms with Gasteiger partial charge >= 0.3 is 5.97 Å². The van der Waals surface area contributed by atoms with E-state index in [4.69, 9.17) is 4.74 Å². The van der Waals surface area contributed by atoms with Gasteiger partial charge in [-0.3, -0.25) is 4.79 Å². The van der Waals surface area contributed by atoms with E-state index in [1.165, 1.54) is 0 Å². The molecule has 0 aromatic heterocycles. The van der Waals surface area contributed by atoms with E-state index in [9.17, 15) is 14.7 Å². The third-order valence-electron chi connectivity index (χ3n) is 5.06. The molecule has 0 aromatic rings. The molecular weight excluding hydrogens is 244 g/mol. The van der Waals surface area contributed by atoms with Gasteiger partial charge in [-0.2, -0.15) is 0 Å². The number of rotatable bonds is 0. The SMILES string of the molecule is C=C1C(=O)CC2C1[C@@H]1OC(=O)C(=C)[C@H]1CC[C@]2(C)O. The van der Waals surface area contributed by atoms with E-state index in [1.54, 1.807) is 6.92 Å². The highest BCUT2D eigenvalue weighted by atomic mass is 16.6. The highest BCUT2D eigenvalue weighted by Gasteiger charge is 2.57. The second-order valence-electron chi connectivity index (χ2n) is 6.18. The topological polar surface area (TPSA) is 63.6 Å². The lowest BCUT2D eigenvalue weighted by Crippen LogP contribution is -2.39. The van der Waals surface area contributed by atoms with Crippen molar-refractivity contribution < 1.29 is 19.4 Å². The summed E-state index contributed by atoms with van der Waals surface area (Å²) in [5, 5.41) is 10.6. The van der Waals surface area contributed by atoms with Crippen LogP contribution in [0.2, 0.25) is 0 Å². The summed E-state index contributed by atoms with van der Waals surface area (Å²) in [6.45, 7) is 9.42. The molecule has 1 saturated heterocycles. The molecule has 0 bridgehead atoms. The standard InChI is InChI=1S/C15H18O4/c1-7-9-4-5-15(3,18)10-6-11(16)8(2)12(10)13(9)19-14(7)17/h9-10,12-13,18H,1-2,4-6H2,3H3/t9-,10?,12?,13-,15+/m1/s1. The molecule has 3 aliphatic rings. The van der Waals surface area contributed by atoms with Gasteiger partial charge in [0.25, 0.3) is 0 Å². The molecule has 1 aliphatic heterocycles. The van der Waals surface area contributed by atoms with Gasteiger partial charge < -0.3 is 9.84 Å². The van der Waals surface area contributed by atoms with E-state index in [0.717, 1.165) is 0 Å². The van der Waals surface area contributed by atoms with Crippen molar-refractivity contribution >= 4 is 11.8 Å². The van der Waals surface area contributed by atoms with Gasteiger partial charge in [-0.25, -0.2) is 4.79 Å². The van der Waals surface area contributed by atoms with Crippen molar-refractivity contribution in [2.45, 2.75) is 37.9 Å². The molecule has 4 nitrogen and oxygen atoms in total. The molecule has 0 radical (unpaired) electrons. The van der Waals surface area contributed by atoms with Crippen LogP contribution in [0.4, 0.5) is 0 Å². The van der Waals surface area contributed by atoms with E-state index in [1.807, 2.05) is 0 Å². The number of hydrogen-bond donors (Lipinski definition) is 1. The van der Waals surface area contributed by atoms with Crippen LogP contribution in [0.5, 0.6) is 0 Å². The molecule has 19 heavy (non-hydrogen) atoms. The lowest BCUT2D eigenvalue weighted by atomic mass is 9.78. The van der Waals surface area contributed by atoms with Gasteiger partial charge in [0.2, 0.25) is 0 Å². The van der Waals surface area contributed by atoms with Crippen LogP contribution in [0.15, 0.2) is 24.3 Å². The number of fused-ring (bicyclic) bond motifs is 3. The Bertz CT molecular complexity index is 502. The fourth-order valence-electron chi connectivity index (χ4n) is 3.85. The number of hydrogen-bond acceptors (Lipinski definition) is 4. The second kappa shape index (κ2) is 3.79. The summed E-state index contributed by atoms with van der Waals surface area (Å²) in [5.74, 6) is -0.969. The number of carbonyl (C=O) groups excluding carboxylic acids is 2. The summed E-state index contributed by atoms with van der Waals surface area (Å²) >= 11 is 0. The maximum absolute atomic E-state index is 11.9. The summed E-state index contributed by atoms with van der Waals surface area (Å²) in [6, 6.07) is 0. The van der Waals surface area contributed by atoms with E-state index in [2.05, 4.69) is 13.2 Å². The van der Waals surface area contributed by atoms with Gasteiger partial charge in [-0.05, 0) is 25.3 Å². The Labute approximate surface area is 112 Å². The summed E-state index contributed by atoms with van der Waals surface area (Å²) in [6.07, 6.45) is 1.13. The molecule has 0 spiro atoms. The average Bonchev–Trinajstić information content (AvgIpc) is 2.74. The first-order chi connectivity index (χ1) is 8.83. The molecule has 2 unspecified atom stereocenters. The van der Waals surface area contributed by atoms with Crippen molar-refractivity contribution in [3.05, 3.63) is 24.3 Å². The van der Waals surface area contributed by atoms with Gasteiger partial charge in [-0.1, -0.05) is 13.2 Å². The Kier molecular flexibility index (Phi) is 2.52. The van der Waals surface area contributed by atoms with Gasteiger partial charge in [0.15, 0.2) is 5.78 Å². The molecule has 1 N–H and O–H groups in total. The van der Waals surface area contributed by atoms with Crippen LogP contribution in [0.3, 0.4) is 0 Å². The van der Waals surface area contributed by atoms with E-state index >= 15 is 0 Å². The fraction of sp³-hybridized carbons (Fsp3) is 0.600. The van der Waals surface area contributed by atoms with Crippen molar-refractivity contribution in [3.63, 3.8) is 0 Å². The first-order valence-corrected chi connectivity index (χ1v) is 6.67. The van der Waals surface area contributed by atoms with Crippen molar-refractivity contribution in [1.29, 1.82) is 0 Å². The average molecular weight is 262 g/mol. The van der Waals surface area contributed by atoms with E-state index in [-0.39, 0.29) is 35.6 Å². The molecule has 1 heterocycles. The largest absolute Gasteiger partial charge is 0.458 e. The predicted octanol–water partition coefficient (Wildman–Crippen LogP) is 1.39. The minimum Gasteiger partial charge on any atom is -0.458 e. The molecule has 102 valence electrons. The molecule has 5 atom stereocenters. The fourth-order valence-corrected chi connectivity index (χ4v) is 3.85. The Morgan fingerprint density at radius 2 is 2.00 bits per heavy atom. The van der Waals surface area contributed by atoms with Crippen LogP contribution in [0, 0.1) is 17.8 Å². The van der Waals surface area contributed by atoms with E-state index in [0.29, 0.717) is 30.4 Å². The number of aliphatic hydroxyl groups is 1. The number of esters is 1. The summed E-state index contributed by atoms with van der Waals surface area (Å²) in [7, 11) is 0. The molecule has 0 aromatic carbocycles. The monoisotopic (exact) mass is 262 g/mol. The zero-order valence-corrected chi connectivity index (χ0v) is 11.0. The number of ether oxygens (including phenoxy) is 1. The Balaban J connectivity index is 2.05. The third kappa shape index (κ3) is 1.62. The lowest BCUT2D eigenvalue weighted by Gasteiger charge is -2.32. The molecular formula is C15H18O4. The van der Waals surface area contributed by atoms with Crippen LogP contribution in [-0.4, -0.2) is 28.6 Å². The van der Waals surface area contributed by atoms with Crippen LogP contribution < -0.4 is 0 Å². The maximum atomic E-state index is 11.9. The second-order valence-corrected chi connectivity index (χ2v) is 6.18. The highest BCUT2D eigenvalue weighted by Crippen LogP contribution is 2.52. The molecule has 2 aliphatic carbocycles. The van der Waals surface area contributed by atoms with Crippen molar-refractivity contribution in [3.8, 4) is 0 Å². The zero-order chi connectivity index (χ0) is 13.9. The molecule has 4 heteroatoms. The van der Waals surface area contributed by atoms with Gasteiger partial charge in [-0.15, -0.1) is 0 Å². The van der Waals surface area contributed by atoms with Crippen molar-refractivity contribution in [2.24, 2.45) is 17.8 Å². The predicted molar refractivity (Wildman–Crippen MR) is 68.1 cm³/mol. The third-order valence-corrected chi connectivity index (χ3v) is 5.06. The highest BCUT2D eigenvalue weighted by molar-refractivity contribution is 5.99. The van der Waals surface area contributed by atoms with Gasteiger partial charge in [0.05, 0.1) is 5.60 Å². The first-order valence-electron chi connectivity index (χ1n) is 6.67. The smallest absolute Gasteiger partial charge is 0.334 e. The van der Waals surface area contributed by atoms with Gasteiger partial charge in [0, 0.05) is 29.7 Å². The molecule has 3 rings (SSSR count). The van der Waals surface area contributed by atoms with Crippen LogP contribution in [-0.2, 0) is 14.3 Å². The molecule has 3 fully saturated rings. The summed E-state index contributed by atoms with van der Waals surface area (Å²) < 4.78 is 5.42. The Hall–Kier alpha value is -1.42. The summed E-state index contributed by atoms with van der Waals surface area (Å²) in [4.78, 5) is 23.6. The number of carbonyl (C=O) groups is 2. The Morgan fingerprint density at radius 1 is 1.32 bits per heavy atom. The zero-order valence-electron chi connectivity index (χ0n) is 11.0. The lowest BCUT2D eigenvalue weighted by molar-refractivity contribution is -0.142. The van der Waals surface area contributed by atoms with Crippen molar-refractivity contribution in [1.82, 2.24) is 0 Å². The maximum Gasteiger partial charge on any atom is 0.334 e. The molecule has 0 amide bonds. The Morgan fingerprint density at radius 3 is 2.68 bits per heavy atom. The van der Waals surface area contributed by atoms with Gasteiger partial charge in [0.1, 0.15) is 6.10 Å². The normalized spacial score (nSPS) is 45.8. The van der Waals surface area contributed by atoms with E-state index < -0.39 is 5.60 Å². The van der Waals surface area contributed by atoms with Crippen LogP contribution in [0.25, 0.3) is 0 Å². The van der Waals surface area contributed by atoms with Crippen LogP contribution >= 0.6 is 0 Å². The van der Waals surface area contributed by atoms with Crippen molar-refractivity contribution in [2.75, 3.05) is 0 Å². The first kappa shape index (κ1) is 12.6. The van der Waals surface area contributed by atoms with Crippen LogP contribution in [0.1, 0.15) is 26.2 Å². The summed E-state index contributed by atoms with van der Waals surface area (Å²) in [5.41, 5.74) is 0.0369. The number of ketones is 1. The minimum absolute atomic E-state index is 0.0236. The number of Topliss-reactive ketones (excluding diaryl/α,β-unsaturated/α-hetero) is 1. The quantitative estimate of drug-likeness (QED) is 0.529. The molecule has 2 saturated carbocycles.